The predicted molar refractivity (Wildman–Crippen MR) is 78.4 cm³/mol. The number of anilines is 1. The summed E-state index contributed by atoms with van der Waals surface area (Å²) in [5.41, 5.74) is 1.98. The maximum atomic E-state index is 9.27. The highest BCUT2D eigenvalue weighted by Gasteiger charge is 2.22. The fourth-order valence-corrected chi connectivity index (χ4v) is 2.70. The average Bonchev–Trinajstić information content (AvgIpc) is 2.50. The van der Waals surface area contributed by atoms with Gasteiger partial charge >= 0.3 is 0 Å². The summed E-state index contributed by atoms with van der Waals surface area (Å²) in [6.07, 6.45) is 2.23. The first-order chi connectivity index (χ1) is 9.79. The van der Waals surface area contributed by atoms with Gasteiger partial charge in [-0.3, -0.25) is 0 Å². The normalized spacial score (nSPS) is 22.4. The van der Waals surface area contributed by atoms with Gasteiger partial charge in [0.1, 0.15) is 6.07 Å². The lowest BCUT2D eigenvalue weighted by atomic mass is 9.99. The van der Waals surface area contributed by atoms with E-state index in [0.717, 1.165) is 36.0 Å². The lowest BCUT2D eigenvalue weighted by molar-refractivity contribution is 0.389. The third kappa shape index (κ3) is 2.30. The maximum absolute atomic E-state index is 9.27. The van der Waals surface area contributed by atoms with E-state index >= 15 is 0 Å². The molecule has 2 unspecified atom stereocenters. The van der Waals surface area contributed by atoms with Crippen molar-refractivity contribution in [3.8, 4) is 6.07 Å². The molecule has 5 nitrogen and oxygen atoms in total. The van der Waals surface area contributed by atoms with Crippen molar-refractivity contribution in [3.05, 3.63) is 30.0 Å². The molecule has 1 aromatic carbocycles. The number of nitrogens with zero attached hydrogens (tertiary/aromatic N) is 3. The van der Waals surface area contributed by atoms with Crippen LogP contribution in [-0.4, -0.2) is 28.8 Å². The molecule has 1 fully saturated rings. The summed E-state index contributed by atoms with van der Waals surface area (Å²) in [7, 11) is 0. The summed E-state index contributed by atoms with van der Waals surface area (Å²) in [5, 5.41) is 25.3. The van der Waals surface area contributed by atoms with Crippen molar-refractivity contribution in [2.45, 2.75) is 31.8 Å². The van der Waals surface area contributed by atoms with Crippen LogP contribution in [0.4, 0.5) is 5.69 Å². The van der Waals surface area contributed by atoms with Crippen LogP contribution in [0.15, 0.2) is 24.3 Å². The van der Waals surface area contributed by atoms with Gasteiger partial charge in [-0.05, 0) is 32.4 Å². The van der Waals surface area contributed by atoms with Crippen LogP contribution in [0.2, 0.25) is 0 Å². The molecule has 2 atom stereocenters. The number of rotatable bonds is 2. The van der Waals surface area contributed by atoms with E-state index in [0.29, 0.717) is 17.8 Å². The second kappa shape index (κ2) is 5.43. The fraction of sp³-hybridized carbons (Fsp3) is 0.400. The highest BCUT2D eigenvalue weighted by molar-refractivity contribution is 5.92. The molecule has 2 heterocycles. The number of hydrogen-bond donors (Lipinski definition) is 2. The Kier molecular flexibility index (Phi) is 3.48. The smallest absolute Gasteiger partial charge is 0.186 e. The van der Waals surface area contributed by atoms with Crippen LogP contribution in [0.25, 0.3) is 10.9 Å². The molecule has 0 bridgehead atoms. The van der Waals surface area contributed by atoms with Crippen molar-refractivity contribution in [3.63, 3.8) is 0 Å². The number of piperidine rings is 1. The molecule has 2 aromatic rings. The molecule has 0 saturated carbocycles. The van der Waals surface area contributed by atoms with E-state index in [1.165, 1.54) is 0 Å². The van der Waals surface area contributed by atoms with Gasteiger partial charge in [-0.25, -0.2) is 0 Å². The summed E-state index contributed by atoms with van der Waals surface area (Å²) < 4.78 is 0. The van der Waals surface area contributed by atoms with Gasteiger partial charge in [0.05, 0.1) is 11.2 Å². The molecule has 0 radical (unpaired) electrons. The first-order valence-electron chi connectivity index (χ1n) is 6.95. The van der Waals surface area contributed by atoms with E-state index in [1.54, 1.807) is 0 Å². The number of nitriles is 1. The van der Waals surface area contributed by atoms with Crippen molar-refractivity contribution >= 4 is 16.6 Å². The number of benzene rings is 1. The van der Waals surface area contributed by atoms with Crippen molar-refractivity contribution in [2.75, 3.05) is 11.9 Å². The Morgan fingerprint density at radius 3 is 3.00 bits per heavy atom. The molecule has 1 aliphatic heterocycles. The standard InChI is InChI=1S/C15H17N5/c1-10-12(7-4-8-17-10)18-15-11-5-2-3-6-13(11)19-20-14(15)9-16/h2-3,5-6,10,12,17H,4,7-8H2,1H3,(H,18,19). The Balaban J connectivity index is 2.02. The fourth-order valence-electron chi connectivity index (χ4n) is 2.70. The zero-order chi connectivity index (χ0) is 13.9. The number of aromatic nitrogens is 2. The second-order valence-corrected chi connectivity index (χ2v) is 5.19. The SMILES string of the molecule is CC1NCCCC1Nc1c(C#N)nnc2ccccc12. The van der Waals surface area contributed by atoms with E-state index in [2.05, 4.69) is 33.8 Å². The lowest BCUT2D eigenvalue weighted by Crippen LogP contribution is -2.46. The molecule has 3 rings (SSSR count). The Labute approximate surface area is 118 Å². The number of nitrogens with one attached hydrogen (secondary N) is 2. The van der Waals surface area contributed by atoms with E-state index in [9.17, 15) is 5.26 Å². The average molecular weight is 267 g/mol. The zero-order valence-corrected chi connectivity index (χ0v) is 11.4. The Bertz CT molecular complexity index is 661. The van der Waals surface area contributed by atoms with Gasteiger partial charge in [-0.2, -0.15) is 5.26 Å². The van der Waals surface area contributed by atoms with Gasteiger partial charge in [0.25, 0.3) is 0 Å². The van der Waals surface area contributed by atoms with Crippen molar-refractivity contribution in [1.29, 1.82) is 5.26 Å². The Morgan fingerprint density at radius 2 is 2.20 bits per heavy atom. The van der Waals surface area contributed by atoms with Crippen LogP contribution in [0, 0.1) is 11.3 Å². The first kappa shape index (κ1) is 12.8. The van der Waals surface area contributed by atoms with Crippen LogP contribution in [0.5, 0.6) is 0 Å². The summed E-state index contributed by atoms with van der Waals surface area (Å²) in [6.45, 7) is 3.22. The van der Waals surface area contributed by atoms with E-state index in [-0.39, 0.29) is 0 Å². The van der Waals surface area contributed by atoms with E-state index in [4.69, 9.17) is 0 Å². The molecule has 0 aliphatic carbocycles. The van der Waals surface area contributed by atoms with Crippen molar-refractivity contribution in [2.24, 2.45) is 0 Å². The minimum absolute atomic E-state index is 0.309. The minimum atomic E-state index is 0.309. The summed E-state index contributed by atoms with van der Waals surface area (Å²) in [4.78, 5) is 0. The van der Waals surface area contributed by atoms with Gasteiger partial charge in [-0.1, -0.05) is 18.2 Å². The Hall–Kier alpha value is -2.19. The van der Waals surface area contributed by atoms with Gasteiger partial charge in [0.2, 0.25) is 0 Å². The predicted octanol–water partition coefficient (Wildman–Crippen LogP) is 2.05. The molecule has 0 spiro atoms. The molecular formula is C15H17N5. The van der Waals surface area contributed by atoms with E-state index < -0.39 is 0 Å². The molecular weight excluding hydrogens is 250 g/mol. The number of hydrogen-bond acceptors (Lipinski definition) is 5. The second-order valence-electron chi connectivity index (χ2n) is 5.19. The molecule has 1 aliphatic rings. The third-order valence-electron chi connectivity index (χ3n) is 3.87. The summed E-state index contributed by atoms with van der Waals surface area (Å²) in [5.74, 6) is 0. The molecule has 1 aromatic heterocycles. The molecule has 102 valence electrons. The van der Waals surface area contributed by atoms with Crippen LogP contribution in [0.1, 0.15) is 25.5 Å². The topological polar surface area (TPSA) is 73.6 Å². The van der Waals surface area contributed by atoms with Crippen molar-refractivity contribution in [1.82, 2.24) is 15.5 Å². The van der Waals surface area contributed by atoms with Crippen LogP contribution in [0.3, 0.4) is 0 Å². The molecule has 2 N–H and O–H groups in total. The Morgan fingerprint density at radius 1 is 1.35 bits per heavy atom. The molecule has 20 heavy (non-hydrogen) atoms. The molecule has 1 saturated heterocycles. The quantitative estimate of drug-likeness (QED) is 0.871. The molecule has 5 heteroatoms. The van der Waals surface area contributed by atoms with Crippen LogP contribution < -0.4 is 10.6 Å². The first-order valence-corrected chi connectivity index (χ1v) is 6.95. The van der Waals surface area contributed by atoms with Gasteiger partial charge in [-0.15, -0.1) is 10.2 Å². The van der Waals surface area contributed by atoms with E-state index in [1.807, 2.05) is 24.3 Å². The summed E-state index contributed by atoms with van der Waals surface area (Å²) in [6, 6.07) is 10.6. The monoisotopic (exact) mass is 267 g/mol. The number of fused-ring (bicyclic) bond motifs is 1. The van der Waals surface area contributed by atoms with Gasteiger partial charge < -0.3 is 10.6 Å². The van der Waals surface area contributed by atoms with Crippen molar-refractivity contribution < 1.29 is 0 Å². The van der Waals surface area contributed by atoms with Gasteiger partial charge in [0.15, 0.2) is 5.69 Å². The highest BCUT2D eigenvalue weighted by atomic mass is 15.1. The highest BCUT2D eigenvalue weighted by Crippen LogP contribution is 2.26. The minimum Gasteiger partial charge on any atom is -0.378 e. The zero-order valence-electron chi connectivity index (χ0n) is 11.4. The molecule has 0 amide bonds. The largest absolute Gasteiger partial charge is 0.378 e. The van der Waals surface area contributed by atoms with Gasteiger partial charge in [0, 0.05) is 17.5 Å². The summed E-state index contributed by atoms with van der Waals surface area (Å²) >= 11 is 0. The lowest BCUT2D eigenvalue weighted by Gasteiger charge is -2.31. The van der Waals surface area contributed by atoms with Crippen LogP contribution >= 0.6 is 0 Å². The third-order valence-corrected chi connectivity index (χ3v) is 3.87. The maximum Gasteiger partial charge on any atom is 0.186 e. The van der Waals surface area contributed by atoms with Crippen LogP contribution in [-0.2, 0) is 0 Å².